The minimum Gasteiger partial charge on any atom is -0.507 e. The van der Waals surface area contributed by atoms with Crippen LogP contribution in [0.5, 0.6) is 5.75 Å². The highest BCUT2D eigenvalue weighted by Crippen LogP contribution is 2.17. The first-order chi connectivity index (χ1) is 13.8. The van der Waals surface area contributed by atoms with Crippen molar-refractivity contribution >= 4 is 17.8 Å². The number of carbonyl (C=O) groups excluding carboxylic acids is 2. The maximum Gasteiger partial charge on any atom is 0.326 e. The number of para-hydroxylation sites is 1. The molecule has 2 aromatic carbocycles. The van der Waals surface area contributed by atoms with E-state index in [0.29, 0.717) is 6.42 Å². The van der Waals surface area contributed by atoms with Crippen LogP contribution in [0.25, 0.3) is 0 Å². The summed E-state index contributed by atoms with van der Waals surface area (Å²) in [4.78, 5) is 37.0. The number of carboxylic acids is 1. The highest BCUT2D eigenvalue weighted by molar-refractivity contribution is 6.00. The molecule has 0 fully saturated rings. The fraction of sp³-hybridized carbons (Fsp3) is 0.318. The van der Waals surface area contributed by atoms with Gasteiger partial charge in [-0.3, -0.25) is 9.59 Å². The predicted octanol–water partition coefficient (Wildman–Crippen LogP) is 2.35. The van der Waals surface area contributed by atoms with Crippen molar-refractivity contribution in [1.29, 1.82) is 0 Å². The number of carbonyl (C=O) groups is 3. The van der Waals surface area contributed by atoms with Crippen molar-refractivity contribution in [1.82, 2.24) is 10.6 Å². The smallest absolute Gasteiger partial charge is 0.326 e. The summed E-state index contributed by atoms with van der Waals surface area (Å²) in [6.07, 6.45) is 0.720. The molecule has 0 bridgehead atoms. The number of amides is 2. The Morgan fingerprint density at radius 3 is 2.17 bits per heavy atom. The van der Waals surface area contributed by atoms with Crippen molar-refractivity contribution in [3.63, 3.8) is 0 Å². The third kappa shape index (κ3) is 6.07. The molecule has 0 spiro atoms. The molecule has 4 N–H and O–H groups in total. The molecule has 7 nitrogen and oxygen atoms in total. The van der Waals surface area contributed by atoms with Crippen LogP contribution in [0, 0.1) is 5.92 Å². The molecule has 29 heavy (non-hydrogen) atoms. The number of rotatable bonds is 9. The zero-order valence-electron chi connectivity index (χ0n) is 16.5. The highest BCUT2D eigenvalue weighted by Gasteiger charge is 2.30. The first-order valence-electron chi connectivity index (χ1n) is 9.49. The van der Waals surface area contributed by atoms with Gasteiger partial charge in [0.1, 0.15) is 17.8 Å². The van der Waals surface area contributed by atoms with Crippen LogP contribution in [0.2, 0.25) is 0 Å². The molecule has 154 valence electrons. The number of nitrogens with one attached hydrogen (secondary N) is 2. The van der Waals surface area contributed by atoms with Crippen LogP contribution in [0.4, 0.5) is 0 Å². The molecular weight excluding hydrogens is 372 g/mol. The van der Waals surface area contributed by atoms with E-state index in [0.717, 1.165) is 5.56 Å². The Balaban J connectivity index is 2.15. The van der Waals surface area contributed by atoms with E-state index in [1.165, 1.54) is 12.1 Å². The van der Waals surface area contributed by atoms with E-state index in [9.17, 15) is 24.6 Å². The Hall–Kier alpha value is -3.35. The van der Waals surface area contributed by atoms with Gasteiger partial charge in [-0.25, -0.2) is 4.79 Å². The number of aliphatic carboxylic acids is 1. The molecule has 0 aliphatic carbocycles. The van der Waals surface area contributed by atoms with Crippen LogP contribution < -0.4 is 10.6 Å². The van der Waals surface area contributed by atoms with Gasteiger partial charge in [-0.05, 0) is 23.6 Å². The van der Waals surface area contributed by atoms with E-state index in [4.69, 9.17) is 0 Å². The summed E-state index contributed by atoms with van der Waals surface area (Å²) >= 11 is 0. The number of hydrogen-bond donors (Lipinski definition) is 4. The van der Waals surface area contributed by atoms with E-state index in [-0.39, 0.29) is 23.7 Å². The molecule has 0 aliphatic rings. The number of aromatic hydroxyl groups is 1. The largest absolute Gasteiger partial charge is 0.507 e. The van der Waals surface area contributed by atoms with Gasteiger partial charge in [-0.2, -0.15) is 0 Å². The van der Waals surface area contributed by atoms with Crippen molar-refractivity contribution < 1.29 is 24.6 Å². The zero-order chi connectivity index (χ0) is 21.4. The van der Waals surface area contributed by atoms with Crippen molar-refractivity contribution in [3.8, 4) is 5.75 Å². The lowest BCUT2D eigenvalue weighted by Crippen LogP contribution is -2.54. The fourth-order valence-corrected chi connectivity index (χ4v) is 2.90. The maximum absolute atomic E-state index is 12.8. The van der Waals surface area contributed by atoms with E-state index in [1.807, 2.05) is 13.0 Å². The van der Waals surface area contributed by atoms with Gasteiger partial charge in [0.05, 0.1) is 5.56 Å². The molecule has 0 aliphatic heterocycles. The van der Waals surface area contributed by atoms with Gasteiger partial charge in [0.15, 0.2) is 0 Å². The third-order valence-corrected chi connectivity index (χ3v) is 4.83. The molecule has 2 amide bonds. The summed E-state index contributed by atoms with van der Waals surface area (Å²) in [5, 5.41) is 24.6. The van der Waals surface area contributed by atoms with Crippen LogP contribution in [0.3, 0.4) is 0 Å². The monoisotopic (exact) mass is 398 g/mol. The third-order valence-electron chi connectivity index (χ3n) is 4.83. The lowest BCUT2D eigenvalue weighted by atomic mass is 9.97. The van der Waals surface area contributed by atoms with Crippen LogP contribution in [0.15, 0.2) is 54.6 Å². The molecule has 0 unspecified atom stereocenters. The minimum absolute atomic E-state index is 0.0488. The fourth-order valence-electron chi connectivity index (χ4n) is 2.90. The van der Waals surface area contributed by atoms with Crippen molar-refractivity contribution in [3.05, 3.63) is 65.7 Å². The predicted molar refractivity (Wildman–Crippen MR) is 109 cm³/mol. The second kappa shape index (κ2) is 10.3. The van der Waals surface area contributed by atoms with Gasteiger partial charge in [0.25, 0.3) is 5.91 Å². The SMILES string of the molecule is CC[C@H](C)[C@H](NC(=O)c1ccccc1O)C(=O)N[C@@H](Cc1ccccc1)C(=O)O. The van der Waals surface area contributed by atoms with Gasteiger partial charge in [-0.15, -0.1) is 0 Å². The molecule has 7 heteroatoms. The Morgan fingerprint density at radius 1 is 0.966 bits per heavy atom. The summed E-state index contributed by atoms with van der Waals surface area (Å²) in [5.74, 6) is -2.76. The number of phenolic OH excluding ortho intramolecular Hbond substituents is 1. The van der Waals surface area contributed by atoms with E-state index < -0.39 is 29.9 Å². The summed E-state index contributed by atoms with van der Waals surface area (Å²) in [7, 11) is 0. The Morgan fingerprint density at radius 2 is 1.59 bits per heavy atom. The van der Waals surface area contributed by atoms with Crippen molar-refractivity contribution in [2.45, 2.75) is 38.8 Å². The van der Waals surface area contributed by atoms with Gasteiger partial charge in [0, 0.05) is 6.42 Å². The Labute approximate surface area is 169 Å². The summed E-state index contributed by atoms with van der Waals surface area (Å²) in [6, 6.07) is 12.9. The van der Waals surface area contributed by atoms with Crippen LogP contribution >= 0.6 is 0 Å². The van der Waals surface area contributed by atoms with Gasteiger partial charge < -0.3 is 20.8 Å². The number of phenols is 1. The van der Waals surface area contributed by atoms with Gasteiger partial charge in [0.2, 0.25) is 5.91 Å². The number of carboxylic acid groups (broad SMARTS) is 1. The van der Waals surface area contributed by atoms with Crippen molar-refractivity contribution in [2.24, 2.45) is 5.92 Å². The molecule has 2 rings (SSSR count). The Kier molecular flexibility index (Phi) is 7.77. The molecular formula is C22H26N2O5. The second-order valence-corrected chi connectivity index (χ2v) is 6.94. The standard InChI is InChI=1S/C22H26N2O5/c1-3-14(2)19(24-20(26)16-11-7-8-12-18(16)25)21(27)23-17(22(28)29)13-15-9-5-4-6-10-15/h4-12,14,17,19,25H,3,13H2,1-2H3,(H,23,27)(H,24,26)(H,28,29)/t14-,17-,19-/m0/s1. The van der Waals surface area contributed by atoms with Gasteiger partial charge >= 0.3 is 5.97 Å². The normalized spacial score (nSPS) is 13.7. The molecule has 0 saturated heterocycles. The summed E-state index contributed by atoms with van der Waals surface area (Å²) in [6.45, 7) is 3.66. The topological polar surface area (TPSA) is 116 Å². The lowest BCUT2D eigenvalue weighted by molar-refractivity contribution is -0.142. The van der Waals surface area contributed by atoms with Crippen LogP contribution in [-0.2, 0) is 16.0 Å². The van der Waals surface area contributed by atoms with Gasteiger partial charge in [-0.1, -0.05) is 62.7 Å². The number of hydrogen-bond acceptors (Lipinski definition) is 4. The minimum atomic E-state index is -1.16. The molecule has 3 atom stereocenters. The molecule has 0 saturated carbocycles. The van der Waals surface area contributed by atoms with Crippen LogP contribution in [-0.4, -0.2) is 40.1 Å². The van der Waals surface area contributed by atoms with Crippen LogP contribution in [0.1, 0.15) is 36.2 Å². The first-order valence-corrected chi connectivity index (χ1v) is 9.49. The highest BCUT2D eigenvalue weighted by atomic mass is 16.4. The summed E-state index contributed by atoms with van der Waals surface area (Å²) in [5.41, 5.74) is 0.825. The van der Waals surface area contributed by atoms with E-state index in [2.05, 4.69) is 10.6 Å². The number of benzene rings is 2. The quantitative estimate of drug-likeness (QED) is 0.517. The average Bonchev–Trinajstić information content (AvgIpc) is 2.71. The zero-order valence-corrected chi connectivity index (χ0v) is 16.5. The Bertz CT molecular complexity index is 853. The second-order valence-electron chi connectivity index (χ2n) is 6.94. The van der Waals surface area contributed by atoms with E-state index >= 15 is 0 Å². The first kappa shape index (κ1) is 21.9. The molecule has 0 radical (unpaired) electrons. The maximum atomic E-state index is 12.8. The lowest BCUT2D eigenvalue weighted by Gasteiger charge is -2.25. The molecule has 0 heterocycles. The summed E-state index contributed by atoms with van der Waals surface area (Å²) < 4.78 is 0. The van der Waals surface area contributed by atoms with E-state index in [1.54, 1.807) is 43.3 Å². The molecule has 2 aromatic rings. The average molecular weight is 398 g/mol. The van der Waals surface area contributed by atoms with Crippen molar-refractivity contribution in [2.75, 3.05) is 0 Å². The molecule has 0 aromatic heterocycles.